The number of anilines is 2. The number of hydrogen-bond donors (Lipinski definition) is 4. The third kappa shape index (κ3) is 5.39. The molecule has 6 heteroatoms. The number of unbranched alkanes of at least 4 members (excludes halogenated alkanes) is 1. The van der Waals surface area contributed by atoms with Crippen molar-refractivity contribution in [1.29, 1.82) is 0 Å². The van der Waals surface area contributed by atoms with Crippen LogP contribution < -0.4 is 22.1 Å². The summed E-state index contributed by atoms with van der Waals surface area (Å²) in [7, 11) is 0. The third-order valence-corrected chi connectivity index (χ3v) is 2.63. The predicted molar refractivity (Wildman–Crippen MR) is 75.8 cm³/mol. The van der Waals surface area contributed by atoms with Crippen molar-refractivity contribution in [3.8, 4) is 0 Å². The van der Waals surface area contributed by atoms with Crippen LogP contribution in [0.1, 0.15) is 26.2 Å². The summed E-state index contributed by atoms with van der Waals surface area (Å²) in [4.78, 5) is 22.4. The monoisotopic (exact) mass is 264 g/mol. The van der Waals surface area contributed by atoms with Gasteiger partial charge in [0.1, 0.15) is 0 Å². The van der Waals surface area contributed by atoms with Gasteiger partial charge in [-0.3, -0.25) is 4.79 Å². The van der Waals surface area contributed by atoms with Gasteiger partial charge in [-0.05, 0) is 30.7 Å². The van der Waals surface area contributed by atoms with Crippen LogP contribution in [0.25, 0.3) is 0 Å². The molecule has 0 bridgehead atoms. The minimum Gasteiger partial charge on any atom is -0.351 e. The summed E-state index contributed by atoms with van der Waals surface area (Å²) in [6, 6.07) is 5.53. The van der Waals surface area contributed by atoms with Gasteiger partial charge in [-0.1, -0.05) is 19.8 Å². The van der Waals surface area contributed by atoms with Gasteiger partial charge in [0.15, 0.2) is 0 Å². The molecule has 1 aromatic carbocycles. The summed E-state index contributed by atoms with van der Waals surface area (Å²) >= 11 is 0. The number of hydrogen-bond acceptors (Lipinski definition) is 3. The summed E-state index contributed by atoms with van der Waals surface area (Å²) in [5.74, 6) is -0.205. The molecule has 1 aromatic rings. The number of carbonyl (C=O) groups is 2. The van der Waals surface area contributed by atoms with Crippen LogP contribution in [0, 0.1) is 0 Å². The standard InChI is InChI=1S/C13H20N4O2/c1-2-3-4-11(14)12(18)16-9-5-7-10(8-6-9)17-13(15)19/h5-8,11H,2-4,14H2,1H3,(H,16,18)(H3,15,17,19). The molecule has 1 unspecified atom stereocenters. The van der Waals surface area contributed by atoms with Crippen molar-refractivity contribution in [2.75, 3.05) is 10.6 Å². The van der Waals surface area contributed by atoms with Crippen LogP contribution in [0.15, 0.2) is 24.3 Å². The lowest BCUT2D eigenvalue weighted by Crippen LogP contribution is -2.35. The highest BCUT2D eigenvalue weighted by molar-refractivity contribution is 5.95. The van der Waals surface area contributed by atoms with E-state index in [0.717, 1.165) is 12.8 Å². The Kier molecular flexibility index (Phi) is 5.81. The van der Waals surface area contributed by atoms with Crippen molar-refractivity contribution in [2.45, 2.75) is 32.2 Å². The predicted octanol–water partition coefficient (Wildman–Crippen LogP) is 1.63. The van der Waals surface area contributed by atoms with E-state index in [4.69, 9.17) is 11.5 Å². The number of rotatable bonds is 6. The van der Waals surface area contributed by atoms with Gasteiger partial charge in [0, 0.05) is 11.4 Å². The highest BCUT2D eigenvalue weighted by Crippen LogP contribution is 2.13. The number of primary amides is 1. The number of carbonyl (C=O) groups excluding carboxylic acids is 2. The second-order valence-corrected chi connectivity index (χ2v) is 4.30. The van der Waals surface area contributed by atoms with Crippen molar-refractivity contribution in [2.24, 2.45) is 11.5 Å². The SMILES string of the molecule is CCCCC(N)C(=O)Nc1ccc(NC(N)=O)cc1. The van der Waals surface area contributed by atoms with Crippen molar-refractivity contribution >= 4 is 23.3 Å². The lowest BCUT2D eigenvalue weighted by Gasteiger charge is -2.12. The highest BCUT2D eigenvalue weighted by atomic mass is 16.2. The maximum absolute atomic E-state index is 11.8. The summed E-state index contributed by atoms with van der Waals surface area (Å²) in [6.07, 6.45) is 2.61. The summed E-state index contributed by atoms with van der Waals surface area (Å²) in [5, 5.41) is 5.16. The molecule has 0 aromatic heterocycles. The van der Waals surface area contributed by atoms with Gasteiger partial charge in [0.2, 0.25) is 5.91 Å². The number of amides is 3. The maximum atomic E-state index is 11.8. The van der Waals surface area contributed by atoms with E-state index < -0.39 is 12.1 Å². The molecule has 0 spiro atoms. The van der Waals surface area contributed by atoms with E-state index in [1.807, 2.05) is 0 Å². The van der Waals surface area contributed by atoms with E-state index in [-0.39, 0.29) is 5.91 Å². The lowest BCUT2D eigenvalue weighted by molar-refractivity contribution is -0.117. The number of urea groups is 1. The first-order valence-corrected chi connectivity index (χ1v) is 6.26. The zero-order valence-electron chi connectivity index (χ0n) is 11.0. The molecule has 0 aliphatic carbocycles. The first-order chi connectivity index (χ1) is 9.02. The van der Waals surface area contributed by atoms with E-state index in [2.05, 4.69) is 17.6 Å². The normalized spacial score (nSPS) is 11.7. The fourth-order valence-electron chi connectivity index (χ4n) is 1.57. The topological polar surface area (TPSA) is 110 Å². The Morgan fingerprint density at radius 3 is 2.16 bits per heavy atom. The molecule has 6 nitrogen and oxygen atoms in total. The average Bonchev–Trinajstić information content (AvgIpc) is 2.37. The second-order valence-electron chi connectivity index (χ2n) is 4.30. The highest BCUT2D eigenvalue weighted by Gasteiger charge is 2.12. The number of benzene rings is 1. The molecule has 6 N–H and O–H groups in total. The largest absolute Gasteiger partial charge is 0.351 e. The van der Waals surface area contributed by atoms with Crippen LogP contribution in [0.5, 0.6) is 0 Å². The molecular weight excluding hydrogens is 244 g/mol. The Labute approximate surface area is 112 Å². The summed E-state index contributed by atoms with van der Waals surface area (Å²) in [5.41, 5.74) is 12.0. The van der Waals surface area contributed by atoms with Crippen LogP contribution in [-0.4, -0.2) is 18.0 Å². The van der Waals surface area contributed by atoms with Crippen LogP contribution in [-0.2, 0) is 4.79 Å². The van der Waals surface area contributed by atoms with Gasteiger partial charge in [-0.15, -0.1) is 0 Å². The Balaban J connectivity index is 2.52. The molecule has 19 heavy (non-hydrogen) atoms. The molecule has 0 aliphatic heterocycles. The Bertz CT molecular complexity index is 431. The van der Waals surface area contributed by atoms with E-state index in [1.165, 1.54) is 0 Å². The van der Waals surface area contributed by atoms with Crippen molar-refractivity contribution in [3.05, 3.63) is 24.3 Å². The first-order valence-electron chi connectivity index (χ1n) is 6.26. The Morgan fingerprint density at radius 2 is 1.68 bits per heavy atom. The van der Waals surface area contributed by atoms with E-state index in [9.17, 15) is 9.59 Å². The zero-order chi connectivity index (χ0) is 14.3. The second kappa shape index (κ2) is 7.38. The fraction of sp³-hybridized carbons (Fsp3) is 0.385. The molecule has 1 atom stereocenters. The Hall–Kier alpha value is -2.08. The van der Waals surface area contributed by atoms with Gasteiger partial charge in [-0.2, -0.15) is 0 Å². The molecule has 0 saturated carbocycles. The first kappa shape index (κ1) is 15.0. The van der Waals surface area contributed by atoms with Crippen LogP contribution in [0.2, 0.25) is 0 Å². The van der Waals surface area contributed by atoms with E-state index in [1.54, 1.807) is 24.3 Å². The molecule has 3 amide bonds. The van der Waals surface area contributed by atoms with Crippen LogP contribution in [0.3, 0.4) is 0 Å². The van der Waals surface area contributed by atoms with E-state index >= 15 is 0 Å². The van der Waals surface area contributed by atoms with Gasteiger partial charge in [0.05, 0.1) is 6.04 Å². The molecule has 1 rings (SSSR count). The van der Waals surface area contributed by atoms with Crippen molar-refractivity contribution in [3.63, 3.8) is 0 Å². The molecule has 0 heterocycles. The fourth-order valence-corrected chi connectivity index (χ4v) is 1.57. The zero-order valence-corrected chi connectivity index (χ0v) is 11.0. The quantitative estimate of drug-likeness (QED) is 0.626. The number of nitrogens with one attached hydrogen (secondary N) is 2. The van der Waals surface area contributed by atoms with Crippen molar-refractivity contribution in [1.82, 2.24) is 0 Å². The Morgan fingerprint density at radius 1 is 1.16 bits per heavy atom. The minimum absolute atomic E-state index is 0.205. The van der Waals surface area contributed by atoms with Gasteiger partial charge in [-0.25, -0.2) is 4.79 Å². The van der Waals surface area contributed by atoms with Crippen molar-refractivity contribution < 1.29 is 9.59 Å². The molecule has 0 aliphatic rings. The summed E-state index contributed by atoms with van der Waals surface area (Å²) < 4.78 is 0. The molecule has 0 fully saturated rings. The molecule has 0 radical (unpaired) electrons. The lowest BCUT2D eigenvalue weighted by atomic mass is 10.1. The molecule has 0 saturated heterocycles. The summed E-state index contributed by atoms with van der Waals surface area (Å²) in [6.45, 7) is 2.05. The smallest absolute Gasteiger partial charge is 0.316 e. The van der Waals surface area contributed by atoms with Gasteiger partial charge >= 0.3 is 6.03 Å². The molecular formula is C13H20N4O2. The van der Waals surface area contributed by atoms with Crippen LogP contribution >= 0.6 is 0 Å². The number of nitrogens with two attached hydrogens (primary N) is 2. The van der Waals surface area contributed by atoms with E-state index in [0.29, 0.717) is 17.8 Å². The molecule has 104 valence electrons. The van der Waals surface area contributed by atoms with Crippen LogP contribution in [0.4, 0.5) is 16.2 Å². The van der Waals surface area contributed by atoms with Gasteiger partial charge < -0.3 is 22.1 Å². The average molecular weight is 264 g/mol. The maximum Gasteiger partial charge on any atom is 0.316 e. The van der Waals surface area contributed by atoms with Gasteiger partial charge in [0.25, 0.3) is 0 Å². The minimum atomic E-state index is -0.627. The third-order valence-electron chi connectivity index (χ3n) is 2.63.